The molecule has 0 amide bonds. The van der Waals surface area contributed by atoms with Gasteiger partial charge in [0.1, 0.15) is 11.5 Å². The summed E-state index contributed by atoms with van der Waals surface area (Å²) < 4.78 is 16.4. The molecule has 0 aliphatic rings. The minimum absolute atomic E-state index is 0.381. The second-order valence-electron chi connectivity index (χ2n) is 3.99. The van der Waals surface area contributed by atoms with Crippen LogP contribution in [0.3, 0.4) is 0 Å². The average molecular weight is 274 g/mol. The van der Waals surface area contributed by atoms with Crippen molar-refractivity contribution in [1.82, 2.24) is 4.98 Å². The van der Waals surface area contributed by atoms with Gasteiger partial charge in [-0.25, -0.2) is 0 Å². The van der Waals surface area contributed by atoms with E-state index in [0.29, 0.717) is 36.4 Å². The van der Waals surface area contributed by atoms with E-state index in [1.165, 1.54) is 0 Å². The Hall–Kier alpha value is -2.43. The molecule has 1 heterocycles. The fraction of sp³-hybridized carbons (Fsp3) is 0.267. The van der Waals surface area contributed by atoms with Crippen molar-refractivity contribution in [2.75, 3.05) is 18.9 Å². The highest BCUT2D eigenvalue weighted by molar-refractivity contribution is 5.49. The van der Waals surface area contributed by atoms with Crippen LogP contribution < -0.4 is 19.9 Å². The molecule has 0 atom stereocenters. The third-order valence-electron chi connectivity index (χ3n) is 2.48. The van der Waals surface area contributed by atoms with Crippen LogP contribution in [0.2, 0.25) is 0 Å². The summed E-state index contributed by atoms with van der Waals surface area (Å²) in [5.41, 5.74) is 6.26. The van der Waals surface area contributed by atoms with E-state index in [9.17, 15) is 0 Å². The van der Waals surface area contributed by atoms with Gasteiger partial charge in [-0.1, -0.05) is 6.07 Å². The number of hydrogen-bond donors (Lipinski definition) is 1. The van der Waals surface area contributed by atoms with E-state index >= 15 is 0 Å². The number of ether oxygens (including phenoxy) is 3. The van der Waals surface area contributed by atoms with E-state index in [1.54, 1.807) is 12.1 Å². The Labute approximate surface area is 118 Å². The number of nitrogens with zero attached hydrogens (tertiary/aromatic N) is 1. The number of nitrogens with two attached hydrogens (primary N) is 1. The molecule has 0 aliphatic carbocycles. The minimum atomic E-state index is 0.381. The Morgan fingerprint density at radius 1 is 1.00 bits per heavy atom. The molecule has 0 bridgehead atoms. The molecule has 5 heteroatoms. The third-order valence-corrected chi connectivity index (χ3v) is 2.48. The molecule has 20 heavy (non-hydrogen) atoms. The monoisotopic (exact) mass is 274 g/mol. The Morgan fingerprint density at radius 2 is 1.75 bits per heavy atom. The Bertz CT molecular complexity index is 573. The van der Waals surface area contributed by atoms with Crippen molar-refractivity contribution in [3.63, 3.8) is 0 Å². The fourth-order valence-corrected chi connectivity index (χ4v) is 1.66. The standard InChI is InChI=1S/C15H18N2O3/c1-3-18-11-6-5-7-12(10-11)20-14-9-8-13(16)15(17-14)19-4-2/h5-10H,3-4,16H2,1-2H3. The Morgan fingerprint density at radius 3 is 2.50 bits per heavy atom. The molecule has 5 nitrogen and oxygen atoms in total. The average Bonchev–Trinajstić information content (AvgIpc) is 2.44. The summed E-state index contributed by atoms with van der Waals surface area (Å²) >= 11 is 0. The lowest BCUT2D eigenvalue weighted by Gasteiger charge is -2.10. The molecule has 1 aromatic heterocycles. The number of benzene rings is 1. The lowest BCUT2D eigenvalue weighted by atomic mass is 10.3. The van der Waals surface area contributed by atoms with Gasteiger partial charge in [-0.2, -0.15) is 4.98 Å². The minimum Gasteiger partial charge on any atom is -0.494 e. The van der Waals surface area contributed by atoms with Gasteiger partial charge in [0.25, 0.3) is 0 Å². The number of nitrogen functional groups attached to an aromatic ring is 1. The zero-order chi connectivity index (χ0) is 14.4. The summed E-state index contributed by atoms with van der Waals surface area (Å²) in [5, 5.41) is 0. The highest BCUT2D eigenvalue weighted by Crippen LogP contribution is 2.27. The molecule has 0 saturated heterocycles. The van der Waals surface area contributed by atoms with Crippen LogP contribution in [0.5, 0.6) is 23.3 Å². The number of hydrogen-bond acceptors (Lipinski definition) is 5. The Kier molecular flexibility index (Phi) is 4.65. The van der Waals surface area contributed by atoms with Crippen molar-refractivity contribution < 1.29 is 14.2 Å². The van der Waals surface area contributed by atoms with Gasteiger partial charge in [0.05, 0.1) is 18.9 Å². The van der Waals surface area contributed by atoms with Crippen LogP contribution in [0, 0.1) is 0 Å². The summed E-state index contributed by atoms with van der Waals surface area (Å²) in [6.45, 7) is 4.92. The highest BCUT2D eigenvalue weighted by Gasteiger charge is 2.06. The van der Waals surface area contributed by atoms with Gasteiger partial charge in [0, 0.05) is 12.1 Å². The maximum Gasteiger partial charge on any atom is 0.240 e. The lowest BCUT2D eigenvalue weighted by Crippen LogP contribution is -2.00. The zero-order valence-corrected chi connectivity index (χ0v) is 11.6. The van der Waals surface area contributed by atoms with E-state index < -0.39 is 0 Å². The van der Waals surface area contributed by atoms with Crippen LogP contribution in [0.1, 0.15) is 13.8 Å². The van der Waals surface area contributed by atoms with Crippen LogP contribution in [0.4, 0.5) is 5.69 Å². The predicted molar refractivity (Wildman–Crippen MR) is 77.5 cm³/mol. The smallest absolute Gasteiger partial charge is 0.240 e. The van der Waals surface area contributed by atoms with E-state index in [-0.39, 0.29) is 0 Å². The van der Waals surface area contributed by atoms with Crippen molar-refractivity contribution in [2.24, 2.45) is 0 Å². The summed E-state index contributed by atoms with van der Waals surface area (Å²) in [7, 11) is 0. The molecule has 2 rings (SSSR count). The Balaban J connectivity index is 2.17. The number of rotatable bonds is 6. The lowest BCUT2D eigenvalue weighted by molar-refractivity contribution is 0.322. The van der Waals surface area contributed by atoms with Crippen molar-refractivity contribution in [1.29, 1.82) is 0 Å². The first-order chi connectivity index (χ1) is 9.72. The molecule has 0 fully saturated rings. The molecule has 0 spiro atoms. The van der Waals surface area contributed by atoms with Crippen LogP contribution in [-0.4, -0.2) is 18.2 Å². The van der Waals surface area contributed by atoms with Crippen molar-refractivity contribution in [2.45, 2.75) is 13.8 Å². The molecule has 2 aromatic rings. The van der Waals surface area contributed by atoms with Gasteiger partial charge in [0.15, 0.2) is 0 Å². The van der Waals surface area contributed by atoms with Gasteiger partial charge < -0.3 is 19.9 Å². The molecule has 0 radical (unpaired) electrons. The number of pyridine rings is 1. The summed E-state index contributed by atoms with van der Waals surface area (Å²) in [6.07, 6.45) is 0. The first-order valence-electron chi connectivity index (χ1n) is 6.53. The number of anilines is 1. The van der Waals surface area contributed by atoms with Crippen LogP contribution in [-0.2, 0) is 0 Å². The molecular formula is C15H18N2O3. The maximum atomic E-state index is 5.77. The van der Waals surface area contributed by atoms with Gasteiger partial charge in [-0.15, -0.1) is 0 Å². The maximum absolute atomic E-state index is 5.77. The van der Waals surface area contributed by atoms with E-state index in [0.717, 1.165) is 5.75 Å². The van der Waals surface area contributed by atoms with Crippen molar-refractivity contribution in [3.05, 3.63) is 36.4 Å². The molecule has 106 valence electrons. The van der Waals surface area contributed by atoms with Gasteiger partial charge in [-0.3, -0.25) is 0 Å². The van der Waals surface area contributed by atoms with E-state index in [2.05, 4.69) is 4.98 Å². The SMILES string of the molecule is CCOc1cccc(Oc2ccc(N)c(OCC)n2)c1. The second-order valence-corrected chi connectivity index (χ2v) is 3.99. The highest BCUT2D eigenvalue weighted by atomic mass is 16.5. The summed E-state index contributed by atoms with van der Waals surface area (Å²) in [5.74, 6) is 2.21. The largest absolute Gasteiger partial charge is 0.494 e. The van der Waals surface area contributed by atoms with Gasteiger partial charge in [0.2, 0.25) is 11.8 Å². The molecular weight excluding hydrogens is 256 g/mol. The second kappa shape index (κ2) is 6.65. The summed E-state index contributed by atoms with van der Waals surface area (Å²) in [6, 6.07) is 10.8. The summed E-state index contributed by atoms with van der Waals surface area (Å²) in [4.78, 5) is 4.22. The first-order valence-corrected chi connectivity index (χ1v) is 6.53. The van der Waals surface area contributed by atoms with E-state index in [1.807, 2.05) is 38.1 Å². The van der Waals surface area contributed by atoms with Crippen LogP contribution >= 0.6 is 0 Å². The molecule has 0 saturated carbocycles. The van der Waals surface area contributed by atoms with Crippen molar-refractivity contribution in [3.8, 4) is 23.3 Å². The molecule has 0 unspecified atom stereocenters. The molecule has 1 aromatic carbocycles. The zero-order valence-electron chi connectivity index (χ0n) is 11.6. The van der Waals surface area contributed by atoms with Crippen LogP contribution in [0.25, 0.3) is 0 Å². The molecule has 2 N–H and O–H groups in total. The first kappa shape index (κ1) is 14.0. The fourth-order valence-electron chi connectivity index (χ4n) is 1.66. The van der Waals surface area contributed by atoms with E-state index in [4.69, 9.17) is 19.9 Å². The number of aromatic nitrogens is 1. The predicted octanol–water partition coefficient (Wildman–Crippen LogP) is 3.25. The third kappa shape index (κ3) is 3.54. The quantitative estimate of drug-likeness (QED) is 0.875. The van der Waals surface area contributed by atoms with Gasteiger partial charge >= 0.3 is 0 Å². The van der Waals surface area contributed by atoms with Gasteiger partial charge in [-0.05, 0) is 32.0 Å². The normalized spacial score (nSPS) is 10.1. The topological polar surface area (TPSA) is 66.6 Å². The van der Waals surface area contributed by atoms with Crippen LogP contribution in [0.15, 0.2) is 36.4 Å². The van der Waals surface area contributed by atoms with Crippen molar-refractivity contribution >= 4 is 5.69 Å². The molecule has 0 aliphatic heterocycles.